The first-order chi connectivity index (χ1) is 12.8. The first kappa shape index (κ1) is 17.3. The van der Waals surface area contributed by atoms with Gasteiger partial charge in [-0.05, 0) is 53.5 Å². The lowest BCUT2D eigenvalue weighted by atomic mass is 9.94. The Hall–Kier alpha value is -2.17. The standard InChI is InChI=1S/C22H24N2OS/c25-20-5-3-4-16(13-20)17-8-10-23-19(12-17)9-11-26-15-18-14-24-22-7-2-1-6-21(18)22/h1-8,13-14,19,23-25H,9-12,15H2. The number of phenols is 1. The molecule has 3 nitrogen and oxygen atoms in total. The van der Waals surface area contributed by atoms with E-state index in [1.807, 2.05) is 23.9 Å². The number of fused-ring (bicyclic) bond motifs is 1. The molecule has 0 radical (unpaired) electrons. The molecule has 3 N–H and O–H groups in total. The first-order valence-corrected chi connectivity index (χ1v) is 10.3. The number of hydrogen-bond donors (Lipinski definition) is 3. The number of aromatic hydroxyl groups is 1. The Labute approximate surface area is 158 Å². The van der Waals surface area contributed by atoms with Crippen LogP contribution in [0.4, 0.5) is 0 Å². The van der Waals surface area contributed by atoms with Crippen LogP contribution in [0, 0.1) is 0 Å². The Kier molecular flexibility index (Phi) is 5.32. The summed E-state index contributed by atoms with van der Waals surface area (Å²) in [5.41, 5.74) is 5.09. The maximum absolute atomic E-state index is 9.70. The van der Waals surface area contributed by atoms with Crippen LogP contribution in [-0.2, 0) is 5.75 Å². The molecule has 134 valence electrons. The summed E-state index contributed by atoms with van der Waals surface area (Å²) in [4.78, 5) is 3.35. The van der Waals surface area contributed by atoms with Crippen molar-refractivity contribution in [2.75, 3.05) is 12.3 Å². The lowest BCUT2D eigenvalue weighted by molar-refractivity contribution is 0.475. The summed E-state index contributed by atoms with van der Waals surface area (Å²) in [7, 11) is 0. The normalized spacial score (nSPS) is 17.4. The van der Waals surface area contributed by atoms with Gasteiger partial charge in [-0.3, -0.25) is 0 Å². The van der Waals surface area contributed by atoms with Gasteiger partial charge in [-0.2, -0.15) is 11.8 Å². The third-order valence-corrected chi connectivity index (χ3v) is 6.02. The molecule has 2 heterocycles. The van der Waals surface area contributed by atoms with Crippen molar-refractivity contribution in [1.82, 2.24) is 10.3 Å². The quantitative estimate of drug-likeness (QED) is 0.543. The van der Waals surface area contributed by atoms with Crippen molar-refractivity contribution in [2.45, 2.75) is 24.6 Å². The summed E-state index contributed by atoms with van der Waals surface area (Å²) in [5, 5.41) is 14.6. The fourth-order valence-electron chi connectivity index (χ4n) is 3.57. The third kappa shape index (κ3) is 3.97. The van der Waals surface area contributed by atoms with Crippen molar-refractivity contribution in [3.8, 4) is 5.75 Å². The molecule has 3 aromatic rings. The first-order valence-electron chi connectivity index (χ1n) is 9.14. The molecule has 1 atom stereocenters. The molecule has 0 fully saturated rings. The van der Waals surface area contributed by atoms with Crippen LogP contribution in [0.5, 0.6) is 5.75 Å². The van der Waals surface area contributed by atoms with Crippen LogP contribution in [0.1, 0.15) is 24.0 Å². The zero-order chi connectivity index (χ0) is 17.8. The number of phenolic OH excluding ortho intramolecular Hbond substituents is 1. The summed E-state index contributed by atoms with van der Waals surface area (Å²) in [6, 6.07) is 16.6. The van der Waals surface area contributed by atoms with Gasteiger partial charge in [-0.15, -0.1) is 0 Å². The molecule has 0 spiro atoms. The van der Waals surface area contributed by atoms with Crippen LogP contribution in [-0.4, -0.2) is 28.4 Å². The molecule has 4 rings (SSSR count). The molecule has 0 aliphatic carbocycles. The topological polar surface area (TPSA) is 48.0 Å². The zero-order valence-electron chi connectivity index (χ0n) is 14.7. The van der Waals surface area contributed by atoms with Crippen LogP contribution in [0.25, 0.3) is 16.5 Å². The maximum Gasteiger partial charge on any atom is 0.116 e. The second kappa shape index (κ2) is 8.02. The number of para-hydroxylation sites is 1. The molecule has 0 saturated heterocycles. The molecule has 2 aromatic carbocycles. The van der Waals surface area contributed by atoms with E-state index in [9.17, 15) is 5.11 Å². The Morgan fingerprint density at radius 1 is 1.12 bits per heavy atom. The number of benzene rings is 2. The van der Waals surface area contributed by atoms with Crippen molar-refractivity contribution >= 4 is 28.2 Å². The van der Waals surface area contributed by atoms with E-state index in [-0.39, 0.29) is 0 Å². The molecule has 0 saturated carbocycles. The monoisotopic (exact) mass is 364 g/mol. The summed E-state index contributed by atoms with van der Waals surface area (Å²) >= 11 is 2.00. The van der Waals surface area contributed by atoms with Crippen LogP contribution < -0.4 is 5.32 Å². The highest BCUT2D eigenvalue weighted by Gasteiger charge is 2.16. The average molecular weight is 365 g/mol. The van der Waals surface area contributed by atoms with E-state index in [0.717, 1.165) is 36.5 Å². The summed E-state index contributed by atoms with van der Waals surface area (Å²) in [6.45, 7) is 0.906. The SMILES string of the molecule is Oc1cccc(C2=CCNC(CCSCc3c[nH]c4ccccc34)C2)c1. The number of rotatable bonds is 6. The minimum absolute atomic E-state index is 0.341. The van der Waals surface area contributed by atoms with Gasteiger partial charge < -0.3 is 15.4 Å². The van der Waals surface area contributed by atoms with Crippen molar-refractivity contribution in [3.05, 3.63) is 71.9 Å². The van der Waals surface area contributed by atoms with Gasteiger partial charge in [-0.25, -0.2) is 0 Å². The fourth-order valence-corrected chi connectivity index (χ4v) is 4.63. The number of nitrogens with one attached hydrogen (secondary N) is 2. The molecule has 1 unspecified atom stereocenters. The van der Waals surface area contributed by atoms with E-state index < -0.39 is 0 Å². The Morgan fingerprint density at radius 3 is 2.96 bits per heavy atom. The second-order valence-corrected chi connectivity index (χ2v) is 7.89. The summed E-state index contributed by atoms with van der Waals surface area (Å²) < 4.78 is 0. The van der Waals surface area contributed by atoms with Crippen molar-refractivity contribution in [2.24, 2.45) is 0 Å². The lowest BCUT2D eigenvalue weighted by Gasteiger charge is -2.24. The minimum atomic E-state index is 0.341. The van der Waals surface area contributed by atoms with Crippen molar-refractivity contribution in [3.63, 3.8) is 0 Å². The number of aromatic nitrogens is 1. The summed E-state index contributed by atoms with van der Waals surface area (Å²) in [6.07, 6.45) is 6.56. The Morgan fingerprint density at radius 2 is 2.04 bits per heavy atom. The molecular formula is C22H24N2OS. The van der Waals surface area contributed by atoms with E-state index in [1.54, 1.807) is 6.07 Å². The average Bonchev–Trinajstić information content (AvgIpc) is 3.09. The smallest absolute Gasteiger partial charge is 0.116 e. The number of thioether (sulfide) groups is 1. The maximum atomic E-state index is 9.70. The molecule has 0 amide bonds. The van der Waals surface area contributed by atoms with Gasteiger partial charge in [0, 0.05) is 35.4 Å². The van der Waals surface area contributed by atoms with Gasteiger partial charge >= 0.3 is 0 Å². The predicted octanol–water partition coefficient (Wildman–Crippen LogP) is 4.94. The number of H-pyrrole nitrogens is 1. The molecule has 4 heteroatoms. The van der Waals surface area contributed by atoms with Gasteiger partial charge in [0.1, 0.15) is 5.75 Å². The van der Waals surface area contributed by atoms with Crippen LogP contribution >= 0.6 is 11.8 Å². The number of aromatic amines is 1. The summed E-state index contributed by atoms with van der Waals surface area (Å²) in [5.74, 6) is 2.53. The van der Waals surface area contributed by atoms with E-state index >= 15 is 0 Å². The highest BCUT2D eigenvalue weighted by atomic mass is 32.2. The van der Waals surface area contributed by atoms with Gasteiger partial charge in [0.05, 0.1) is 0 Å². The third-order valence-electron chi connectivity index (χ3n) is 4.98. The Balaban J connectivity index is 1.28. The van der Waals surface area contributed by atoms with Crippen molar-refractivity contribution in [1.29, 1.82) is 0 Å². The molecule has 1 aliphatic heterocycles. The molecule has 26 heavy (non-hydrogen) atoms. The largest absolute Gasteiger partial charge is 0.508 e. The van der Waals surface area contributed by atoms with E-state index in [2.05, 4.69) is 52.9 Å². The Bertz CT molecular complexity index is 915. The molecular weight excluding hydrogens is 340 g/mol. The van der Waals surface area contributed by atoms with E-state index in [1.165, 1.54) is 22.0 Å². The second-order valence-electron chi connectivity index (χ2n) is 6.79. The molecule has 1 aromatic heterocycles. The van der Waals surface area contributed by atoms with E-state index in [4.69, 9.17) is 0 Å². The van der Waals surface area contributed by atoms with Crippen LogP contribution in [0.3, 0.4) is 0 Å². The van der Waals surface area contributed by atoms with Gasteiger partial charge in [-0.1, -0.05) is 36.4 Å². The van der Waals surface area contributed by atoms with Gasteiger partial charge in [0.15, 0.2) is 0 Å². The fraction of sp³-hybridized carbons (Fsp3) is 0.273. The highest BCUT2D eigenvalue weighted by molar-refractivity contribution is 7.98. The van der Waals surface area contributed by atoms with Gasteiger partial charge in [0.25, 0.3) is 0 Å². The highest BCUT2D eigenvalue weighted by Crippen LogP contribution is 2.27. The molecule has 0 bridgehead atoms. The van der Waals surface area contributed by atoms with Crippen LogP contribution in [0.15, 0.2) is 60.8 Å². The predicted molar refractivity (Wildman–Crippen MR) is 112 cm³/mol. The van der Waals surface area contributed by atoms with E-state index in [0.29, 0.717) is 11.8 Å². The minimum Gasteiger partial charge on any atom is -0.508 e. The van der Waals surface area contributed by atoms with Crippen molar-refractivity contribution < 1.29 is 5.11 Å². The van der Waals surface area contributed by atoms with Gasteiger partial charge in [0.2, 0.25) is 0 Å². The zero-order valence-corrected chi connectivity index (χ0v) is 15.6. The molecule has 1 aliphatic rings. The van der Waals surface area contributed by atoms with Crippen LogP contribution in [0.2, 0.25) is 0 Å². The lowest BCUT2D eigenvalue weighted by Crippen LogP contribution is -2.33. The number of hydrogen-bond acceptors (Lipinski definition) is 3.